The van der Waals surface area contributed by atoms with Gasteiger partial charge in [0.1, 0.15) is 0 Å². The minimum absolute atomic E-state index is 0.0816. The lowest BCUT2D eigenvalue weighted by molar-refractivity contribution is -0.145. The smallest absolute Gasteiger partial charge is 0.332 e. The lowest BCUT2D eigenvalue weighted by Gasteiger charge is -2.16. The molecule has 0 aromatic heterocycles. The molecule has 0 heterocycles. The van der Waals surface area contributed by atoms with Crippen LogP contribution in [0.4, 0.5) is 0 Å². The first-order chi connectivity index (χ1) is 11.9. The second-order valence-corrected chi connectivity index (χ2v) is 5.93. The molecule has 0 saturated carbocycles. The van der Waals surface area contributed by atoms with E-state index in [9.17, 15) is 24.6 Å². The Morgan fingerprint density at radius 3 is 2.08 bits per heavy atom. The number of carbonyl (C=O) groups is 3. The molecule has 1 unspecified atom stereocenters. The first-order valence-corrected chi connectivity index (χ1v) is 8.70. The number of unbranched alkanes of at least 4 members (excludes halogenated alkanes) is 1. The molecule has 7 heteroatoms. The van der Waals surface area contributed by atoms with E-state index < -0.39 is 24.3 Å². The molecule has 0 radical (unpaired) electrons. The van der Waals surface area contributed by atoms with Gasteiger partial charge in [-0.2, -0.15) is 0 Å². The zero-order chi connectivity index (χ0) is 19.2. The van der Waals surface area contributed by atoms with E-state index in [0.717, 1.165) is 25.7 Å². The Bertz CT molecular complexity index is 468. The summed E-state index contributed by atoms with van der Waals surface area (Å²) in [6.45, 7) is 4.52. The van der Waals surface area contributed by atoms with Crippen molar-refractivity contribution < 1.29 is 34.1 Å². The molecule has 0 rings (SSSR count). The standard InChI is InChI=1S/C18H30O7/c1-4-6-8-13(5-2)11-14(17(20)21)15(18(22)23)12-16(19)25-10-7-9-24-3/h13H,4-12H2,1-3H3,(H,20,21)(H,22,23)/b15-14+. The minimum Gasteiger partial charge on any atom is -0.478 e. The Labute approximate surface area is 149 Å². The topological polar surface area (TPSA) is 110 Å². The molecule has 0 spiro atoms. The molecular formula is C18H30O7. The lowest BCUT2D eigenvalue weighted by atomic mass is 9.89. The van der Waals surface area contributed by atoms with E-state index in [1.54, 1.807) is 0 Å². The number of carbonyl (C=O) groups excluding carboxylic acids is 1. The predicted molar refractivity (Wildman–Crippen MR) is 92.3 cm³/mol. The zero-order valence-electron chi connectivity index (χ0n) is 15.4. The molecule has 0 aromatic carbocycles. The van der Waals surface area contributed by atoms with Crippen molar-refractivity contribution in [1.82, 2.24) is 0 Å². The van der Waals surface area contributed by atoms with Crippen LogP contribution in [0, 0.1) is 5.92 Å². The van der Waals surface area contributed by atoms with Crippen LogP contribution in [0.25, 0.3) is 0 Å². The van der Waals surface area contributed by atoms with Crippen LogP contribution in [0.3, 0.4) is 0 Å². The maximum Gasteiger partial charge on any atom is 0.332 e. The number of methoxy groups -OCH3 is 1. The molecule has 0 saturated heterocycles. The Hall–Kier alpha value is -1.89. The van der Waals surface area contributed by atoms with Crippen LogP contribution in [0.5, 0.6) is 0 Å². The molecule has 0 aliphatic heterocycles. The summed E-state index contributed by atoms with van der Waals surface area (Å²) >= 11 is 0. The fourth-order valence-corrected chi connectivity index (χ4v) is 2.47. The van der Waals surface area contributed by atoms with Gasteiger partial charge in [-0.05, 0) is 12.3 Å². The second kappa shape index (κ2) is 13.4. The highest BCUT2D eigenvalue weighted by Gasteiger charge is 2.25. The largest absolute Gasteiger partial charge is 0.478 e. The summed E-state index contributed by atoms with van der Waals surface area (Å²) < 4.78 is 9.77. The fraction of sp³-hybridized carbons (Fsp3) is 0.722. The maximum absolute atomic E-state index is 11.8. The highest BCUT2D eigenvalue weighted by Crippen LogP contribution is 2.25. The van der Waals surface area contributed by atoms with Gasteiger partial charge in [-0.25, -0.2) is 9.59 Å². The van der Waals surface area contributed by atoms with Crippen molar-refractivity contribution >= 4 is 17.9 Å². The third kappa shape index (κ3) is 9.86. The van der Waals surface area contributed by atoms with Gasteiger partial charge in [0.2, 0.25) is 0 Å². The van der Waals surface area contributed by atoms with Gasteiger partial charge in [0.05, 0.1) is 18.6 Å². The first-order valence-electron chi connectivity index (χ1n) is 8.70. The van der Waals surface area contributed by atoms with Gasteiger partial charge in [-0.1, -0.05) is 39.5 Å². The Morgan fingerprint density at radius 2 is 1.60 bits per heavy atom. The van der Waals surface area contributed by atoms with E-state index in [-0.39, 0.29) is 30.1 Å². The van der Waals surface area contributed by atoms with Crippen molar-refractivity contribution in [3.63, 3.8) is 0 Å². The summed E-state index contributed by atoms with van der Waals surface area (Å²) in [7, 11) is 1.52. The number of aliphatic carboxylic acids is 2. The molecule has 0 amide bonds. The molecular weight excluding hydrogens is 328 g/mol. The lowest BCUT2D eigenvalue weighted by Crippen LogP contribution is -2.18. The fourth-order valence-electron chi connectivity index (χ4n) is 2.47. The molecule has 1 atom stereocenters. The Balaban J connectivity index is 5.14. The van der Waals surface area contributed by atoms with Gasteiger partial charge in [-0.3, -0.25) is 4.79 Å². The number of ether oxygens (including phenoxy) is 2. The average molecular weight is 358 g/mol. The van der Waals surface area contributed by atoms with Crippen LogP contribution < -0.4 is 0 Å². The van der Waals surface area contributed by atoms with Crippen molar-refractivity contribution in [2.24, 2.45) is 5.92 Å². The van der Waals surface area contributed by atoms with E-state index >= 15 is 0 Å². The Kier molecular flexibility index (Phi) is 12.4. The third-order valence-corrected chi connectivity index (χ3v) is 3.99. The van der Waals surface area contributed by atoms with Gasteiger partial charge in [0.15, 0.2) is 0 Å². The summed E-state index contributed by atoms with van der Waals surface area (Å²) in [4.78, 5) is 34.9. The number of carboxylic acid groups (broad SMARTS) is 2. The van der Waals surface area contributed by atoms with Crippen molar-refractivity contribution in [3.8, 4) is 0 Å². The minimum atomic E-state index is -1.39. The molecule has 0 fully saturated rings. The highest BCUT2D eigenvalue weighted by molar-refractivity contribution is 6.01. The van der Waals surface area contributed by atoms with Gasteiger partial charge >= 0.3 is 17.9 Å². The van der Waals surface area contributed by atoms with Crippen molar-refractivity contribution in [2.75, 3.05) is 20.3 Å². The SMILES string of the molecule is CCCCC(CC)C/C(C(=O)O)=C(/CC(=O)OCCCOC)C(=O)O. The quantitative estimate of drug-likeness (QED) is 0.279. The van der Waals surface area contributed by atoms with Crippen molar-refractivity contribution in [1.29, 1.82) is 0 Å². The molecule has 0 aliphatic rings. The van der Waals surface area contributed by atoms with E-state index in [4.69, 9.17) is 9.47 Å². The molecule has 0 bridgehead atoms. The molecule has 0 aliphatic carbocycles. The highest BCUT2D eigenvalue weighted by atomic mass is 16.5. The number of rotatable bonds is 14. The maximum atomic E-state index is 11.8. The van der Waals surface area contributed by atoms with Crippen LogP contribution in [0.1, 0.15) is 58.8 Å². The molecule has 25 heavy (non-hydrogen) atoms. The summed E-state index contributed by atoms with van der Waals surface area (Å²) in [6.07, 6.45) is 3.62. The van der Waals surface area contributed by atoms with Crippen molar-refractivity contribution in [3.05, 3.63) is 11.1 Å². The number of esters is 1. The number of hydrogen-bond acceptors (Lipinski definition) is 5. The zero-order valence-corrected chi connectivity index (χ0v) is 15.4. The summed E-state index contributed by atoms with van der Waals surface area (Å²) in [6, 6.07) is 0. The van der Waals surface area contributed by atoms with E-state index in [2.05, 4.69) is 0 Å². The van der Waals surface area contributed by atoms with Crippen LogP contribution in [-0.2, 0) is 23.9 Å². The normalized spacial score (nSPS) is 13.1. The van der Waals surface area contributed by atoms with Crippen LogP contribution >= 0.6 is 0 Å². The van der Waals surface area contributed by atoms with Crippen LogP contribution in [0.2, 0.25) is 0 Å². The van der Waals surface area contributed by atoms with Gasteiger partial charge in [-0.15, -0.1) is 0 Å². The van der Waals surface area contributed by atoms with E-state index in [1.807, 2.05) is 13.8 Å². The number of carboxylic acids is 2. The van der Waals surface area contributed by atoms with Crippen LogP contribution in [0.15, 0.2) is 11.1 Å². The molecule has 0 aromatic rings. The third-order valence-electron chi connectivity index (χ3n) is 3.99. The molecule has 144 valence electrons. The molecule has 7 nitrogen and oxygen atoms in total. The van der Waals surface area contributed by atoms with E-state index in [1.165, 1.54) is 7.11 Å². The average Bonchev–Trinajstić information content (AvgIpc) is 2.57. The Morgan fingerprint density at radius 1 is 0.960 bits per heavy atom. The van der Waals surface area contributed by atoms with Crippen molar-refractivity contribution in [2.45, 2.75) is 58.8 Å². The van der Waals surface area contributed by atoms with Gasteiger partial charge in [0.25, 0.3) is 0 Å². The summed E-state index contributed by atoms with van der Waals surface area (Å²) in [5.74, 6) is -3.34. The second-order valence-electron chi connectivity index (χ2n) is 5.93. The van der Waals surface area contributed by atoms with Gasteiger partial charge in [0, 0.05) is 25.7 Å². The number of hydrogen-bond donors (Lipinski definition) is 2. The van der Waals surface area contributed by atoms with E-state index in [0.29, 0.717) is 13.0 Å². The predicted octanol–water partition coefficient (Wildman–Crippen LogP) is 3.03. The van der Waals surface area contributed by atoms with Gasteiger partial charge < -0.3 is 19.7 Å². The summed E-state index contributed by atoms with van der Waals surface area (Å²) in [5.41, 5.74) is -0.594. The monoisotopic (exact) mass is 358 g/mol. The first kappa shape index (κ1) is 23.1. The van der Waals surface area contributed by atoms with Crippen LogP contribution in [-0.4, -0.2) is 48.4 Å². The molecule has 2 N–H and O–H groups in total. The summed E-state index contributed by atoms with van der Waals surface area (Å²) in [5, 5.41) is 18.8.